The molecule has 1 aliphatic carbocycles. The van der Waals surface area contributed by atoms with Gasteiger partial charge in [-0.05, 0) is 43.4 Å². The minimum atomic E-state index is 0.145. The smallest absolute Gasteiger partial charge is 0.0953 e. The van der Waals surface area contributed by atoms with Crippen molar-refractivity contribution in [1.82, 2.24) is 5.32 Å². The first-order valence-electron chi connectivity index (χ1n) is 7.20. The largest absolute Gasteiger partial charge is 0.369 e. The summed E-state index contributed by atoms with van der Waals surface area (Å²) in [5.41, 5.74) is 1.25. The second-order valence-corrected chi connectivity index (χ2v) is 6.72. The van der Waals surface area contributed by atoms with Gasteiger partial charge in [0.15, 0.2) is 0 Å². The Morgan fingerprint density at radius 3 is 2.37 bits per heavy atom. The minimum absolute atomic E-state index is 0.145. The zero-order valence-electron chi connectivity index (χ0n) is 12.0. The summed E-state index contributed by atoms with van der Waals surface area (Å²) in [5, 5.41) is 3.58. The van der Waals surface area contributed by atoms with Crippen LogP contribution in [0.3, 0.4) is 0 Å². The summed E-state index contributed by atoms with van der Waals surface area (Å²) in [6, 6.07) is 9.19. The summed E-state index contributed by atoms with van der Waals surface area (Å²) < 4.78 is 7.35. The van der Waals surface area contributed by atoms with E-state index in [4.69, 9.17) is 4.74 Å². The molecule has 1 aromatic rings. The van der Waals surface area contributed by atoms with Gasteiger partial charge in [-0.15, -0.1) is 0 Å². The molecule has 2 rings (SSSR count). The Labute approximate surface area is 125 Å². The Morgan fingerprint density at radius 2 is 1.84 bits per heavy atom. The van der Waals surface area contributed by atoms with E-state index in [0.29, 0.717) is 5.92 Å². The molecule has 2 nitrogen and oxygen atoms in total. The van der Waals surface area contributed by atoms with Crippen molar-refractivity contribution in [1.29, 1.82) is 0 Å². The summed E-state index contributed by atoms with van der Waals surface area (Å²) in [7, 11) is 0. The van der Waals surface area contributed by atoms with Crippen molar-refractivity contribution >= 4 is 15.9 Å². The van der Waals surface area contributed by atoms with Gasteiger partial charge in [0.25, 0.3) is 0 Å². The highest BCUT2D eigenvalue weighted by molar-refractivity contribution is 9.10. The summed E-state index contributed by atoms with van der Waals surface area (Å²) in [4.78, 5) is 0. The molecule has 2 atom stereocenters. The monoisotopic (exact) mass is 325 g/mol. The second kappa shape index (κ2) is 6.87. The zero-order valence-corrected chi connectivity index (χ0v) is 13.6. The third-order valence-corrected chi connectivity index (χ3v) is 4.26. The van der Waals surface area contributed by atoms with E-state index < -0.39 is 0 Å². The van der Waals surface area contributed by atoms with E-state index in [9.17, 15) is 0 Å². The van der Waals surface area contributed by atoms with Crippen molar-refractivity contribution in [3.63, 3.8) is 0 Å². The van der Waals surface area contributed by atoms with Crippen molar-refractivity contribution in [2.75, 3.05) is 6.54 Å². The maximum Gasteiger partial charge on any atom is 0.0953 e. The summed E-state index contributed by atoms with van der Waals surface area (Å²) in [6.45, 7) is 7.48. The van der Waals surface area contributed by atoms with Crippen molar-refractivity contribution in [2.24, 2.45) is 5.92 Å². The van der Waals surface area contributed by atoms with Gasteiger partial charge in [0.2, 0.25) is 0 Å². The van der Waals surface area contributed by atoms with Crippen molar-refractivity contribution in [3.05, 3.63) is 34.3 Å². The van der Waals surface area contributed by atoms with Gasteiger partial charge in [0.05, 0.1) is 12.2 Å². The average molecular weight is 326 g/mol. The summed E-state index contributed by atoms with van der Waals surface area (Å²) in [5.74, 6) is 0.541. The molecule has 0 heterocycles. The van der Waals surface area contributed by atoms with Crippen LogP contribution < -0.4 is 5.32 Å². The Morgan fingerprint density at radius 1 is 1.21 bits per heavy atom. The lowest BCUT2D eigenvalue weighted by atomic mass is 10.1. The Bertz CT molecular complexity index is 386. The molecule has 0 saturated heterocycles. The molecule has 0 aliphatic heterocycles. The van der Waals surface area contributed by atoms with Crippen LogP contribution >= 0.6 is 15.9 Å². The van der Waals surface area contributed by atoms with E-state index in [2.05, 4.69) is 66.3 Å². The average Bonchev–Trinajstić information content (AvgIpc) is 3.19. The molecule has 0 amide bonds. The number of rotatable bonds is 7. The maximum atomic E-state index is 6.24. The quantitative estimate of drug-likeness (QED) is 0.806. The molecular formula is C16H24BrNO. The van der Waals surface area contributed by atoms with E-state index in [1.807, 2.05) is 0 Å². The minimum Gasteiger partial charge on any atom is -0.369 e. The molecule has 1 aliphatic rings. The number of ether oxygens (including phenoxy) is 1. The Balaban J connectivity index is 2.00. The highest BCUT2D eigenvalue weighted by Crippen LogP contribution is 2.25. The highest BCUT2D eigenvalue weighted by atomic mass is 79.9. The number of halogens is 1. The summed E-state index contributed by atoms with van der Waals surface area (Å²) >= 11 is 3.48. The third kappa shape index (κ3) is 4.90. The van der Waals surface area contributed by atoms with Crippen LogP contribution in [-0.4, -0.2) is 18.7 Å². The molecule has 2 unspecified atom stereocenters. The van der Waals surface area contributed by atoms with Gasteiger partial charge in [0, 0.05) is 17.1 Å². The van der Waals surface area contributed by atoms with Crippen LogP contribution in [0, 0.1) is 5.92 Å². The predicted octanol–water partition coefficient (Wildman–Crippen LogP) is 4.30. The van der Waals surface area contributed by atoms with Gasteiger partial charge in [-0.3, -0.25) is 0 Å². The molecular weight excluding hydrogens is 302 g/mol. The number of hydrogen-bond acceptors (Lipinski definition) is 2. The number of nitrogens with one attached hydrogen (secondary N) is 1. The molecule has 0 radical (unpaired) electrons. The first-order valence-corrected chi connectivity index (χ1v) is 8.00. The van der Waals surface area contributed by atoms with Crippen LogP contribution in [0.4, 0.5) is 0 Å². The SMILES string of the molecule is CC(C)C(C)OC(CNC1CC1)c1ccc(Br)cc1. The lowest BCUT2D eigenvalue weighted by Crippen LogP contribution is -2.29. The van der Waals surface area contributed by atoms with Crippen LogP contribution in [0.1, 0.15) is 45.3 Å². The lowest BCUT2D eigenvalue weighted by Gasteiger charge is -2.25. The fourth-order valence-corrected chi connectivity index (χ4v) is 2.16. The number of hydrogen-bond donors (Lipinski definition) is 1. The van der Waals surface area contributed by atoms with Crippen molar-refractivity contribution in [2.45, 2.75) is 51.9 Å². The molecule has 1 N–H and O–H groups in total. The van der Waals surface area contributed by atoms with Gasteiger partial charge < -0.3 is 10.1 Å². The summed E-state index contributed by atoms with van der Waals surface area (Å²) in [6.07, 6.45) is 3.04. The normalized spacial score (nSPS) is 18.6. The van der Waals surface area contributed by atoms with Crippen molar-refractivity contribution in [3.8, 4) is 0 Å². The standard InChI is InChI=1S/C16H24BrNO/c1-11(2)12(3)19-16(10-18-15-8-9-15)13-4-6-14(17)7-5-13/h4-7,11-12,15-16,18H,8-10H2,1-3H3. The van der Waals surface area contributed by atoms with Gasteiger partial charge in [-0.2, -0.15) is 0 Å². The number of benzene rings is 1. The molecule has 3 heteroatoms. The molecule has 1 saturated carbocycles. The third-order valence-electron chi connectivity index (χ3n) is 3.73. The topological polar surface area (TPSA) is 21.3 Å². The Hall–Kier alpha value is -0.380. The molecule has 0 spiro atoms. The zero-order chi connectivity index (χ0) is 13.8. The van der Waals surface area contributed by atoms with Crippen LogP contribution in [0.15, 0.2) is 28.7 Å². The lowest BCUT2D eigenvalue weighted by molar-refractivity contribution is -0.0261. The molecule has 1 aromatic carbocycles. The van der Waals surface area contributed by atoms with Gasteiger partial charge in [-0.1, -0.05) is 41.9 Å². The van der Waals surface area contributed by atoms with Gasteiger partial charge in [-0.25, -0.2) is 0 Å². The molecule has 0 aromatic heterocycles. The van der Waals surface area contributed by atoms with E-state index >= 15 is 0 Å². The van der Waals surface area contributed by atoms with E-state index in [-0.39, 0.29) is 12.2 Å². The van der Waals surface area contributed by atoms with Gasteiger partial charge >= 0.3 is 0 Å². The second-order valence-electron chi connectivity index (χ2n) is 5.81. The first-order chi connectivity index (χ1) is 9.06. The van der Waals surface area contributed by atoms with E-state index in [1.54, 1.807) is 0 Å². The predicted molar refractivity (Wildman–Crippen MR) is 83.3 cm³/mol. The van der Waals surface area contributed by atoms with Crippen molar-refractivity contribution < 1.29 is 4.74 Å². The fraction of sp³-hybridized carbons (Fsp3) is 0.625. The first kappa shape index (κ1) is 15.0. The van der Waals surface area contributed by atoms with Crippen LogP contribution in [0.5, 0.6) is 0 Å². The van der Waals surface area contributed by atoms with Crippen LogP contribution in [0.2, 0.25) is 0 Å². The Kier molecular flexibility index (Phi) is 5.43. The van der Waals surface area contributed by atoms with E-state index in [0.717, 1.165) is 17.1 Å². The molecule has 19 heavy (non-hydrogen) atoms. The highest BCUT2D eigenvalue weighted by Gasteiger charge is 2.24. The fourth-order valence-electron chi connectivity index (χ4n) is 1.90. The van der Waals surface area contributed by atoms with Crippen LogP contribution in [0.25, 0.3) is 0 Å². The molecule has 1 fully saturated rings. The maximum absolute atomic E-state index is 6.24. The molecule has 0 bridgehead atoms. The van der Waals surface area contributed by atoms with Crippen LogP contribution in [-0.2, 0) is 4.74 Å². The molecule has 106 valence electrons. The van der Waals surface area contributed by atoms with Gasteiger partial charge in [0.1, 0.15) is 0 Å². The van der Waals surface area contributed by atoms with E-state index in [1.165, 1.54) is 18.4 Å².